The summed E-state index contributed by atoms with van der Waals surface area (Å²) in [5, 5.41) is 10.6. The largest absolute Gasteiger partial charge is 0.459 e. The number of nitrogens with one attached hydrogen (secondary N) is 3. The maximum atomic E-state index is 12.7. The summed E-state index contributed by atoms with van der Waals surface area (Å²) in [4.78, 5) is 42.3. The molecule has 0 unspecified atom stereocenters. The molecule has 0 saturated carbocycles. The molecule has 0 atom stereocenters. The van der Waals surface area contributed by atoms with Crippen LogP contribution < -0.4 is 16.0 Å². The van der Waals surface area contributed by atoms with E-state index in [1.807, 2.05) is 17.5 Å². The minimum atomic E-state index is -0.397. The Bertz CT molecular complexity index is 1260. The fourth-order valence-electron chi connectivity index (χ4n) is 2.77. The zero-order valence-corrected chi connectivity index (χ0v) is 18.5. The predicted octanol–water partition coefficient (Wildman–Crippen LogP) is 4.61. The van der Waals surface area contributed by atoms with Crippen molar-refractivity contribution in [3.63, 3.8) is 0 Å². The van der Waals surface area contributed by atoms with Gasteiger partial charge in [0.25, 0.3) is 11.8 Å². The average molecular weight is 467 g/mol. The number of aromatic nitrogens is 1. The normalized spacial score (nSPS) is 10.5. The van der Waals surface area contributed by atoms with Crippen LogP contribution >= 0.6 is 22.7 Å². The Morgan fingerprint density at radius 1 is 1.03 bits per heavy atom. The number of furan rings is 1. The van der Waals surface area contributed by atoms with E-state index < -0.39 is 5.91 Å². The number of thiazole rings is 1. The van der Waals surface area contributed by atoms with Gasteiger partial charge in [-0.15, -0.1) is 22.7 Å². The third-order valence-electron chi connectivity index (χ3n) is 4.28. The molecule has 162 valence electrons. The molecule has 4 aromatic rings. The number of hydrogen-bond acceptors (Lipinski definition) is 7. The van der Waals surface area contributed by atoms with Crippen molar-refractivity contribution in [2.24, 2.45) is 0 Å². The first-order chi connectivity index (χ1) is 15.5. The second kappa shape index (κ2) is 9.58. The van der Waals surface area contributed by atoms with Gasteiger partial charge < -0.3 is 15.1 Å². The van der Waals surface area contributed by atoms with Crippen LogP contribution in [0.1, 0.15) is 32.7 Å². The van der Waals surface area contributed by atoms with E-state index in [1.165, 1.54) is 35.9 Å². The minimum absolute atomic E-state index is 0.0804. The van der Waals surface area contributed by atoms with Crippen LogP contribution in [0.3, 0.4) is 0 Å². The first-order valence-corrected chi connectivity index (χ1v) is 11.2. The van der Waals surface area contributed by atoms with E-state index in [-0.39, 0.29) is 17.6 Å². The minimum Gasteiger partial charge on any atom is -0.459 e. The van der Waals surface area contributed by atoms with Crippen LogP contribution in [-0.4, -0.2) is 22.7 Å². The molecule has 3 heterocycles. The topological polar surface area (TPSA) is 113 Å². The van der Waals surface area contributed by atoms with Crippen molar-refractivity contribution >= 4 is 51.2 Å². The number of benzene rings is 1. The summed E-state index contributed by atoms with van der Waals surface area (Å²) < 4.78 is 5.07. The van der Waals surface area contributed by atoms with Gasteiger partial charge in [0.05, 0.1) is 23.4 Å². The molecule has 0 fully saturated rings. The van der Waals surface area contributed by atoms with Gasteiger partial charge in [-0.3, -0.25) is 19.7 Å². The highest BCUT2D eigenvalue weighted by Crippen LogP contribution is 2.31. The van der Waals surface area contributed by atoms with E-state index in [1.54, 1.807) is 36.4 Å². The summed E-state index contributed by atoms with van der Waals surface area (Å²) in [5.41, 5.74) is 1.61. The van der Waals surface area contributed by atoms with Crippen molar-refractivity contribution in [1.29, 1.82) is 0 Å². The molecule has 0 saturated heterocycles. The lowest BCUT2D eigenvalue weighted by atomic mass is 10.2. The van der Waals surface area contributed by atoms with Gasteiger partial charge in [-0.1, -0.05) is 6.07 Å². The molecule has 1 aromatic carbocycles. The molecule has 0 aliphatic heterocycles. The lowest BCUT2D eigenvalue weighted by Gasteiger charge is -2.06. The quantitative estimate of drug-likeness (QED) is 0.368. The van der Waals surface area contributed by atoms with Crippen LogP contribution in [0.4, 0.5) is 10.8 Å². The number of rotatable bonds is 7. The van der Waals surface area contributed by atoms with Crippen molar-refractivity contribution in [2.75, 3.05) is 10.6 Å². The Morgan fingerprint density at radius 2 is 1.91 bits per heavy atom. The van der Waals surface area contributed by atoms with E-state index >= 15 is 0 Å². The van der Waals surface area contributed by atoms with Gasteiger partial charge in [0, 0.05) is 28.4 Å². The number of hydrogen-bond donors (Lipinski definition) is 3. The second-order valence-corrected chi connectivity index (χ2v) is 8.71. The highest BCUT2D eigenvalue weighted by atomic mass is 32.1. The molecule has 3 aromatic heterocycles. The summed E-state index contributed by atoms with van der Waals surface area (Å²) >= 11 is 2.85. The van der Waals surface area contributed by atoms with Crippen LogP contribution in [0.5, 0.6) is 0 Å². The molecule has 4 rings (SSSR count). The zero-order valence-electron chi connectivity index (χ0n) is 16.9. The molecular weight excluding hydrogens is 448 g/mol. The monoisotopic (exact) mass is 466 g/mol. The van der Waals surface area contributed by atoms with Gasteiger partial charge in [0.2, 0.25) is 5.91 Å². The summed E-state index contributed by atoms with van der Waals surface area (Å²) in [5.74, 6) is -0.629. The van der Waals surface area contributed by atoms with E-state index in [0.29, 0.717) is 22.9 Å². The Hall–Kier alpha value is -3.76. The van der Waals surface area contributed by atoms with Crippen LogP contribution in [0.15, 0.2) is 64.6 Å². The average Bonchev–Trinajstić information content (AvgIpc) is 3.53. The molecule has 3 N–H and O–H groups in total. The Kier molecular flexibility index (Phi) is 6.43. The fourth-order valence-corrected chi connectivity index (χ4v) is 4.46. The zero-order chi connectivity index (χ0) is 22.5. The van der Waals surface area contributed by atoms with Gasteiger partial charge in [-0.2, -0.15) is 0 Å². The van der Waals surface area contributed by atoms with Crippen molar-refractivity contribution in [3.05, 3.63) is 76.4 Å². The summed E-state index contributed by atoms with van der Waals surface area (Å²) in [7, 11) is 0. The molecule has 10 heteroatoms. The van der Waals surface area contributed by atoms with Gasteiger partial charge in [-0.05, 0) is 42.5 Å². The van der Waals surface area contributed by atoms with Crippen molar-refractivity contribution < 1.29 is 18.8 Å². The molecular formula is C22H18N4O4S2. The smallest absolute Gasteiger partial charge is 0.291 e. The van der Waals surface area contributed by atoms with Crippen molar-refractivity contribution in [1.82, 2.24) is 10.3 Å². The third kappa shape index (κ3) is 5.29. The Labute approximate surface area is 191 Å². The standard InChI is InChI=1S/C22H18N4O4S2/c1-13(27)23-11-16-7-8-19(32-16)17-12-31-22(25-17)26-20(28)14-4-2-5-15(10-14)24-21(29)18-6-3-9-30-18/h2-10,12H,11H2,1H3,(H,23,27)(H,24,29)(H,25,26,28). The summed E-state index contributed by atoms with van der Waals surface area (Å²) in [6.07, 6.45) is 1.42. The summed E-state index contributed by atoms with van der Waals surface area (Å²) in [6, 6.07) is 13.7. The molecule has 0 spiro atoms. The van der Waals surface area contributed by atoms with Gasteiger partial charge >= 0.3 is 0 Å². The maximum Gasteiger partial charge on any atom is 0.291 e. The van der Waals surface area contributed by atoms with E-state index in [9.17, 15) is 14.4 Å². The van der Waals surface area contributed by atoms with Crippen LogP contribution in [0.25, 0.3) is 10.6 Å². The first-order valence-electron chi connectivity index (χ1n) is 9.53. The van der Waals surface area contributed by atoms with Crippen molar-refractivity contribution in [3.8, 4) is 10.6 Å². The molecule has 3 amide bonds. The number of nitrogens with zero attached hydrogens (tertiary/aromatic N) is 1. The predicted molar refractivity (Wildman–Crippen MR) is 124 cm³/mol. The number of amides is 3. The maximum absolute atomic E-state index is 12.7. The highest BCUT2D eigenvalue weighted by molar-refractivity contribution is 7.17. The van der Waals surface area contributed by atoms with E-state index in [4.69, 9.17) is 4.42 Å². The lowest BCUT2D eigenvalue weighted by molar-refractivity contribution is -0.119. The van der Waals surface area contributed by atoms with E-state index in [2.05, 4.69) is 20.9 Å². The van der Waals surface area contributed by atoms with Crippen molar-refractivity contribution in [2.45, 2.75) is 13.5 Å². The second-order valence-electron chi connectivity index (χ2n) is 6.68. The van der Waals surface area contributed by atoms with Gasteiger partial charge in [-0.25, -0.2) is 4.98 Å². The molecule has 32 heavy (non-hydrogen) atoms. The molecule has 8 nitrogen and oxygen atoms in total. The first kappa shape index (κ1) is 21.5. The molecule has 0 aliphatic rings. The third-order valence-corrected chi connectivity index (χ3v) is 6.14. The highest BCUT2D eigenvalue weighted by Gasteiger charge is 2.14. The van der Waals surface area contributed by atoms with Crippen LogP contribution in [0.2, 0.25) is 0 Å². The van der Waals surface area contributed by atoms with E-state index in [0.717, 1.165) is 15.4 Å². The number of carbonyl (C=O) groups is 3. The number of thiophene rings is 1. The van der Waals surface area contributed by atoms with Gasteiger partial charge in [0.1, 0.15) is 0 Å². The molecule has 0 bridgehead atoms. The molecule has 0 radical (unpaired) electrons. The fraction of sp³-hybridized carbons (Fsp3) is 0.0909. The lowest BCUT2D eigenvalue weighted by Crippen LogP contribution is -2.17. The Morgan fingerprint density at radius 3 is 2.69 bits per heavy atom. The van der Waals surface area contributed by atoms with Crippen LogP contribution in [-0.2, 0) is 11.3 Å². The number of carbonyl (C=O) groups excluding carboxylic acids is 3. The molecule has 0 aliphatic carbocycles. The number of anilines is 2. The summed E-state index contributed by atoms with van der Waals surface area (Å²) in [6.45, 7) is 1.95. The van der Waals surface area contributed by atoms with Crippen LogP contribution in [0, 0.1) is 0 Å². The van der Waals surface area contributed by atoms with Gasteiger partial charge in [0.15, 0.2) is 10.9 Å². The SMILES string of the molecule is CC(=O)NCc1ccc(-c2csc(NC(=O)c3cccc(NC(=O)c4ccco4)c3)n2)s1. The Balaban J connectivity index is 1.40.